The molecule has 0 amide bonds. The second-order valence-electron chi connectivity index (χ2n) is 37.4. The van der Waals surface area contributed by atoms with Gasteiger partial charge in [-0.05, 0) is 207 Å². The number of benzene rings is 21. The first-order valence-electron chi connectivity index (χ1n) is 49.1. The highest BCUT2D eigenvalue weighted by Crippen LogP contribution is 2.58. The van der Waals surface area contributed by atoms with E-state index < -0.39 is 8.07 Å². The number of aromatic nitrogens is 6. The van der Waals surface area contributed by atoms with Gasteiger partial charge in [-0.25, -0.2) is 9.97 Å². The predicted molar refractivity (Wildman–Crippen MR) is 606 cm³/mol. The van der Waals surface area contributed by atoms with Gasteiger partial charge in [-0.15, -0.1) is 0 Å². The van der Waals surface area contributed by atoms with Crippen LogP contribution in [0.5, 0.6) is 0 Å². The van der Waals surface area contributed by atoms with Crippen molar-refractivity contribution in [3.8, 4) is 90.0 Å². The van der Waals surface area contributed by atoms with Gasteiger partial charge < -0.3 is 28.4 Å². The molecule has 26 aromatic rings. The zero-order valence-corrected chi connectivity index (χ0v) is 80.2. The van der Waals surface area contributed by atoms with E-state index in [4.69, 9.17) is 9.97 Å². The molecular weight excluding hydrogens is 1770 g/mol. The van der Waals surface area contributed by atoms with Crippen molar-refractivity contribution in [2.24, 2.45) is 0 Å². The first kappa shape index (κ1) is 85.6. The van der Waals surface area contributed by atoms with Crippen LogP contribution in [0.3, 0.4) is 0 Å². The molecule has 28 rings (SSSR count). The number of hydrogen-bond donors (Lipinski definition) is 0. The van der Waals surface area contributed by atoms with Crippen molar-refractivity contribution in [2.45, 2.75) is 13.1 Å². The van der Waals surface area contributed by atoms with E-state index in [-0.39, 0.29) is 5.43 Å². The number of anilines is 9. The summed E-state index contributed by atoms with van der Waals surface area (Å²) in [7, 11) is -2.20. The highest BCUT2D eigenvalue weighted by Gasteiger charge is 2.42. The Morgan fingerprint density at radius 3 is 1.04 bits per heavy atom. The van der Waals surface area contributed by atoms with Crippen molar-refractivity contribution in [1.29, 1.82) is 0 Å². The van der Waals surface area contributed by atoms with Gasteiger partial charge in [-0.2, -0.15) is 0 Å². The standard InChI is InChI=1S/C46H31N5.C44H34N2Si.C43H28N2O/c1-5-17-32(18-6-1)38-31-39(33-19-7-2-8-20-33)48-46(47-38)51-40-26-14-13-25-36(40)37-29-30-43-45(44(37)51)50(35-23-11-4-12-24-35)42-28-16-15-27-41(42)49(43)34-21-9-3-10-22-34;1-47(2)42-23-12-11-22-40(42)45(35-26-24-33(25-27-35)31-14-5-3-6-15-31)41-29-28-38-37-20-9-10-21-39(37)46(43(38)44(41)47)36-19-13-18-34(30-36)32-16-7-4-8-17-32;46-43-37-19-8-10-21-39(37)44(34-17-11-16-32(28-34)30-14-5-2-6-15-30)40-27-26-36-35-18-7-9-20-38(35)45(42(36)41(40)43)33-24-22-31(23-25-33)29-12-3-1-4-13-29/h1-31H;3-30H,1-2H3;1-28H. The Kier molecular flexibility index (Phi) is 21.3. The van der Waals surface area contributed by atoms with Gasteiger partial charge in [0, 0.05) is 94.3 Å². The predicted octanol–water partition coefficient (Wildman–Crippen LogP) is 33.5. The van der Waals surface area contributed by atoms with Gasteiger partial charge in [0.1, 0.15) is 8.07 Å². The van der Waals surface area contributed by atoms with Crippen LogP contribution >= 0.6 is 0 Å². The smallest absolute Gasteiger partial charge is 0.235 e. The van der Waals surface area contributed by atoms with E-state index in [0.29, 0.717) is 16.7 Å². The van der Waals surface area contributed by atoms with E-state index in [1.165, 1.54) is 82.7 Å². The van der Waals surface area contributed by atoms with Gasteiger partial charge in [0.15, 0.2) is 5.43 Å². The average Bonchev–Trinajstić information content (AvgIpc) is 1.47. The van der Waals surface area contributed by atoms with Crippen LogP contribution < -0.4 is 30.5 Å². The fourth-order valence-corrected chi connectivity index (χ4v) is 25.5. The second-order valence-corrected chi connectivity index (χ2v) is 41.7. The van der Waals surface area contributed by atoms with E-state index >= 15 is 0 Å². The first-order valence-corrected chi connectivity index (χ1v) is 52.1. The molecule has 0 N–H and O–H groups in total. The molecular formula is C133H93N9OSi. The number of pyridine rings is 1. The minimum Gasteiger partial charge on any atom is -0.311 e. The lowest BCUT2D eigenvalue weighted by Gasteiger charge is -2.41. The quantitative estimate of drug-likeness (QED) is 0.0846. The third-order valence-electron chi connectivity index (χ3n) is 28.8. The van der Waals surface area contributed by atoms with Gasteiger partial charge in [-0.1, -0.05) is 389 Å². The molecule has 10 nitrogen and oxygen atoms in total. The number of para-hydroxylation sites is 9. The van der Waals surface area contributed by atoms with Crippen LogP contribution in [0.2, 0.25) is 13.1 Å². The summed E-state index contributed by atoms with van der Waals surface area (Å²) in [5, 5.41) is 11.4. The van der Waals surface area contributed by atoms with Gasteiger partial charge >= 0.3 is 0 Å². The molecule has 11 heteroatoms. The van der Waals surface area contributed by atoms with E-state index in [1.807, 2.05) is 48.5 Å². The molecule has 0 fully saturated rings. The topological polar surface area (TPSA) is 72.3 Å². The summed E-state index contributed by atoms with van der Waals surface area (Å²) in [6, 6.07) is 187. The van der Waals surface area contributed by atoms with E-state index in [0.717, 1.165) is 139 Å². The highest BCUT2D eigenvalue weighted by atomic mass is 28.3. The maximum Gasteiger partial charge on any atom is 0.235 e. The molecule has 0 spiro atoms. The molecule has 2 aliphatic heterocycles. The summed E-state index contributed by atoms with van der Waals surface area (Å²) in [6.07, 6.45) is 0. The maximum absolute atomic E-state index is 14.6. The maximum atomic E-state index is 14.6. The van der Waals surface area contributed by atoms with E-state index in [2.05, 4.69) is 525 Å². The summed E-state index contributed by atoms with van der Waals surface area (Å²) in [5.74, 6) is 0.618. The van der Waals surface area contributed by atoms with Crippen molar-refractivity contribution in [3.05, 3.63) is 538 Å². The molecule has 0 bridgehead atoms. The molecule has 0 unspecified atom stereocenters. The minimum absolute atomic E-state index is 0.0385. The van der Waals surface area contributed by atoms with Crippen LogP contribution in [-0.4, -0.2) is 36.3 Å². The van der Waals surface area contributed by atoms with Crippen LogP contribution in [-0.2, 0) is 0 Å². The lowest BCUT2D eigenvalue weighted by Crippen LogP contribution is -2.59. The number of fused-ring (bicyclic) bond motifs is 18. The van der Waals surface area contributed by atoms with Crippen LogP contribution in [0.15, 0.2) is 533 Å². The van der Waals surface area contributed by atoms with Crippen molar-refractivity contribution in [1.82, 2.24) is 28.2 Å². The van der Waals surface area contributed by atoms with Crippen molar-refractivity contribution in [3.63, 3.8) is 0 Å². The van der Waals surface area contributed by atoms with Gasteiger partial charge in [0.05, 0.1) is 83.7 Å². The fourth-order valence-electron chi connectivity index (χ4n) is 22.2. The molecule has 7 heterocycles. The zero-order valence-electron chi connectivity index (χ0n) is 79.2. The fraction of sp³-hybridized carbons (Fsp3) is 0.0150. The summed E-state index contributed by atoms with van der Waals surface area (Å²) in [5.41, 5.74) is 35.2. The lowest BCUT2D eigenvalue weighted by molar-refractivity contribution is 0.993. The normalized spacial score (nSPS) is 12.4. The van der Waals surface area contributed by atoms with Crippen molar-refractivity contribution >= 4 is 157 Å². The summed E-state index contributed by atoms with van der Waals surface area (Å²) in [6.45, 7) is 5.06. The Bertz CT molecular complexity index is 9430. The molecule has 2 aliphatic rings. The van der Waals surface area contributed by atoms with Crippen LogP contribution in [0, 0.1) is 0 Å². The SMILES string of the molecule is C[Si]1(C)c2ccccc2N(c2ccc(-c3ccccc3)cc2)c2ccc3c4ccccc4n(-c4cccc(-c5ccccc5)c4)c3c21.O=c1c2ccccc2n(-c2cccc(-c3ccccc3)c2)c2ccc3c4ccccc4n(-c4ccc(-c5ccccc5)cc4)c3c12.c1ccc(-c2cc(-c3ccccc3)nc(-n3c4ccccc4c4ccc5c(c43)N(c3ccccc3)c3ccccc3N5c3ccccc3)n2)cc1. The van der Waals surface area contributed by atoms with Crippen LogP contribution in [0.1, 0.15) is 0 Å². The van der Waals surface area contributed by atoms with Crippen molar-refractivity contribution < 1.29 is 0 Å². The largest absolute Gasteiger partial charge is 0.311 e. The van der Waals surface area contributed by atoms with Gasteiger partial charge in [-0.3, -0.25) is 9.36 Å². The first-order chi connectivity index (χ1) is 71.2. The van der Waals surface area contributed by atoms with E-state index in [9.17, 15) is 4.79 Å². The van der Waals surface area contributed by atoms with Gasteiger partial charge in [0.2, 0.25) is 5.95 Å². The second kappa shape index (κ2) is 35.9. The Hall–Kier alpha value is -18.8. The molecule has 5 aromatic heterocycles. The summed E-state index contributed by atoms with van der Waals surface area (Å²) in [4.78, 5) is 32.6. The molecule has 144 heavy (non-hydrogen) atoms. The molecule has 0 aliphatic carbocycles. The summed E-state index contributed by atoms with van der Waals surface area (Å²) >= 11 is 0. The number of nitrogens with zero attached hydrogens (tertiary/aromatic N) is 9. The monoisotopic (exact) mass is 1860 g/mol. The molecule has 0 saturated carbocycles. The van der Waals surface area contributed by atoms with Gasteiger partial charge in [0.25, 0.3) is 0 Å². The third kappa shape index (κ3) is 14.7. The highest BCUT2D eigenvalue weighted by molar-refractivity contribution is 7.04. The summed E-state index contributed by atoms with van der Waals surface area (Å²) < 4.78 is 9.33. The van der Waals surface area contributed by atoms with Crippen LogP contribution in [0.4, 0.5) is 51.2 Å². The average molecular weight is 1860 g/mol. The lowest BCUT2D eigenvalue weighted by atomic mass is 10.0. The molecule has 0 radical (unpaired) electrons. The van der Waals surface area contributed by atoms with Crippen molar-refractivity contribution in [2.75, 3.05) is 14.7 Å². The zero-order chi connectivity index (χ0) is 95.9. The molecule has 0 atom stereocenters. The third-order valence-corrected chi connectivity index (χ3v) is 32.3. The molecule has 680 valence electrons. The molecule has 0 saturated heterocycles. The Balaban J connectivity index is 0.000000110. The van der Waals surface area contributed by atoms with E-state index in [1.54, 1.807) is 0 Å². The Morgan fingerprint density at radius 2 is 0.535 bits per heavy atom. The Labute approximate surface area is 835 Å². The number of hydrogen-bond acceptors (Lipinski definition) is 6. The van der Waals surface area contributed by atoms with Crippen LogP contribution in [0.25, 0.3) is 177 Å². The molecule has 21 aromatic carbocycles. The Morgan fingerprint density at radius 1 is 0.201 bits per heavy atom. The minimum atomic E-state index is -2.20. The number of rotatable bonds is 13.